The van der Waals surface area contributed by atoms with E-state index in [0.717, 1.165) is 11.1 Å². The standard InChI is InChI=1S/C23H19N3O3/c1-15-9-11-24-14-20(15)25-21(27)17-7-8-18-19(13-17)23(29)26(22(18)28)12-10-16-5-3-2-4-6-16/h2-9,11,13-14H,10,12H2,1H3,(H,25,27). The average Bonchev–Trinajstić information content (AvgIpc) is 2.98. The van der Waals surface area contributed by atoms with Crippen molar-refractivity contribution in [3.05, 3.63) is 94.8 Å². The number of anilines is 1. The van der Waals surface area contributed by atoms with Crippen molar-refractivity contribution < 1.29 is 14.4 Å². The molecule has 1 aliphatic rings. The second-order valence-corrected chi connectivity index (χ2v) is 6.90. The Kier molecular flexibility index (Phi) is 4.91. The van der Waals surface area contributed by atoms with Crippen LogP contribution in [0.15, 0.2) is 67.0 Å². The maximum absolute atomic E-state index is 12.8. The van der Waals surface area contributed by atoms with Crippen molar-refractivity contribution in [1.82, 2.24) is 9.88 Å². The minimum Gasteiger partial charge on any atom is -0.320 e. The average molecular weight is 385 g/mol. The van der Waals surface area contributed by atoms with Gasteiger partial charge in [0.2, 0.25) is 0 Å². The summed E-state index contributed by atoms with van der Waals surface area (Å²) in [4.78, 5) is 43.3. The summed E-state index contributed by atoms with van der Waals surface area (Å²) in [7, 11) is 0. The maximum atomic E-state index is 12.8. The van der Waals surface area contributed by atoms with Gasteiger partial charge in [-0.15, -0.1) is 0 Å². The van der Waals surface area contributed by atoms with E-state index in [1.165, 1.54) is 11.0 Å². The fraction of sp³-hybridized carbons (Fsp3) is 0.130. The van der Waals surface area contributed by atoms with Crippen LogP contribution in [0.4, 0.5) is 5.69 Å². The van der Waals surface area contributed by atoms with Crippen LogP contribution in [0.25, 0.3) is 0 Å². The molecule has 0 spiro atoms. The number of nitrogens with one attached hydrogen (secondary N) is 1. The number of aromatic nitrogens is 1. The zero-order valence-electron chi connectivity index (χ0n) is 15.9. The molecule has 2 aromatic carbocycles. The highest BCUT2D eigenvalue weighted by atomic mass is 16.2. The van der Waals surface area contributed by atoms with Crippen LogP contribution < -0.4 is 5.32 Å². The van der Waals surface area contributed by atoms with Crippen molar-refractivity contribution in [1.29, 1.82) is 0 Å². The Hall–Kier alpha value is -3.80. The molecule has 1 N–H and O–H groups in total. The van der Waals surface area contributed by atoms with Gasteiger partial charge in [0.05, 0.1) is 23.0 Å². The van der Waals surface area contributed by atoms with E-state index in [9.17, 15) is 14.4 Å². The van der Waals surface area contributed by atoms with Gasteiger partial charge in [0.25, 0.3) is 17.7 Å². The van der Waals surface area contributed by atoms with Gasteiger partial charge in [-0.3, -0.25) is 24.3 Å². The van der Waals surface area contributed by atoms with E-state index < -0.39 is 0 Å². The zero-order valence-corrected chi connectivity index (χ0v) is 15.9. The number of amides is 3. The van der Waals surface area contributed by atoms with Crippen molar-refractivity contribution in [3.8, 4) is 0 Å². The molecule has 0 unspecified atom stereocenters. The quantitative estimate of drug-likeness (QED) is 0.682. The highest BCUT2D eigenvalue weighted by Gasteiger charge is 2.35. The fourth-order valence-corrected chi connectivity index (χ4v) is 3.31. The number of hydrogen-bond acceptors (Lipinski definition) is 4. The Morgan fingerprint density at radius 3 is 2.52 bits per heavy atom. The van der Waals surface area contributed by atoms with Gasteiger partial charge in [0.1, 0.15) is 0 Å². The van der Waals surface area contributed by atoms with Crippen molar-refractivity contribution >= 4 is 23.4 Å². The molecular formula is C23H19N3O3. The summed E-state index contributed by atoms with van der Waals surface area (Å²) in [6, 6.07) is 16.1. The lowest BCUT2D eigenvalue weighted by Gasteiger charge is -2.13. The number of aryl methyl sites for hydroxylation is 1. The molecule has 0 fully saturated rings. The van der Waals surface area contributed by atoms with Crippen molar-refractivity contribution in [2.24, 2.45) is 0 Å². The molecule has 2 heterocycles. The van der Waals surface area contributed by atoms with Crippen LogP contribution in [-0.2, 0) is 6.42 Å². The predicted octanol–water partition coefficient (Wildman–Crippen LogP) is 3.48. The lowest BCUT2D eigenvalue weighted by Crippen LogP contribution is -2.31. The number of fused-ring (bicyclic) bond motifs is 1. The van der Waals surface area contributed by atoms with Crippen LogP contribution in [0.3, 0.4) is 0 Å². The molecule has 6 nitrogen and oxygen atoms in total. The summed E-state index contributed by atoms with van der Waals surface area (Å²) in [5, 5.41) is 2.79. The second-order valence-electron chi connectivity index (χ2n) is 6.90. The molecule has 0 bridgehead atoms. The van der Waals surface area contributed by atoms with Crippen LogP contribution in [0.2, 0.25) is 0 Å². The molecule has 1 aromatic heterocycles. The van der Waals surface area contributed by atoms with Gasteiger partial charge in [-0.2, -0.15) is 0 Å². The lowest BCUT2D eigenvalue weighted by molar-refractivity contribution is 0.0656. The van der Waals surface area contributed by atoms with Crippen molar-refractivity contribution in [3.63, 3.8) is 0 Å². The number of carbonyl (C=O) groups is 3. The first kappa shape index (κ1) is 18.6. The first-order valence-electron chi connectivity index (χ1n) is 9.31. The molecule has 0 saturated carbocycles. The normalized spacial score (nSPS) is 12.8. The smallest absolute Gasteiger partial charge is 0.261 e. The number of rotatable bonds is 5. The fourth-order valence-electron chi connectivity index (χ4n) is 3.31. The topological polar surface area (TPSA) is 79.4 Å². The van der Waals surface area contributed by atoms with Gasteiger partial charge in [0.15, 0.2) is 0 Å². The molecular weight excluding hydrogens is 366 g/mol. The van der Waals surface area contributed by atoms with Crippen LogP contribution in [0.1, 0.15) is 42.2 Å². The van der Waals surface area contributed by atoms with Crippen molar-refractivity contribution in [2.45, 2.75) is 13.3 Å². The second kappa shape index (κ2) is 7.67. The number of hydrogen-bond donors (Lipinski definition) is 1. The molecule has 6 heteroatoms. The molecule has 144 valence electrons. The number of imide groups is 1. The number of nitrogens with zero attached hydrogens (tertiary/aromatic N) is 2. The molecule has 0 aliphatic carbocycles. The van der Waals surface area contributed by atoms with Crippen LogP contribution >= 0.6 is 0 Å². The molecule has 29 heavy (non-hydrogen) atoms. The van der Waals surface area contributed by atoms with Gasteiger partial charge >= 0.3 is 0 Å². The molecule has 3 amide bonds. The largest absolute Gasteiger partial charge is 0.320 e. The van der Waals surface area contributed by atoms with Gasteiger partial charge in [-0.25, -0.2) is 0 Å². The Labute approximate surface area is 168 Å². The minimum atomic E-state index is -0.367. The van der Waals surface area contributed by atoms with Crippen LogP contribution in [0, 0.1) is 6.92 Å². The maximum Gasteiger partial charge on any atom is 0.261 e. The zero-order chi connectivity index (χ0) is 20.4. The Balaban J connectivity index is 1.52. The molecule has 4 rings (SSSR count). The summed E-state index contributed by atoms with van der Waals surface area (Å²) >= 11 is 0. The van der Waals surface area contributed by atoms with Crippen LogP contribution in [0.5, 0.6) is 0 Å². The first-order valence-corrected chi connectivity index (χ1v) is 9.31. The van der Waals surface area contributed by atoms with E-state index in [1.807, 2.05) is 37.3 Å². The Morgan fingerprint density at radius 2 is 1.76 bits per heavy atom. The first-order chi connectivity index (χ1) is 14.0. The van der Waals surface area contributed by atoms with Crippen molar-refractivity contribution in [2.75, 3.05) is 11.9 Å². The molecule has 0 radical (unpaired) electrons. The SMILES string of the molecule is Cc1ccncc1NC(=O)c1ccc2c(c1)C(=O)N(CCc1ccccc1)C2=O. The van der Waals surface area contributed by atoms with E-state index >= 15 is 0 Å². The van der Waals surface area contributed by atoms with E-state index in [4.69, 9.17) is 0 Å². The summed E-state index contributed by atoms with van der Waals surface area (Å²) in [5.41, 5.74) is 3.45. The molecule has 0 saturated heterocycles. The van der Waals surface area contributed by atoms with Gasteiger partial charge in [-0.05, 0) is 48.7 Å². The van der Waals surface area contributed by atoms with E-state index in [-0.39, 0.29) is 23.3 Å². The Bertz CT molecular complexity index is 1110. The number of carbonyl (C=O) groups excluding carboxylic acids is 3. The molecule has 3 aromatic rings. The van der Waals surface area contributed by atoms with E-state index in [2.05, 4.69) is 10.3 Å². The number of pyridine rings is 1. The minimum absolute atomic E-state index is 0.263. The predicted molar refractivity (Wildman–Crippen MR) is 109 cm³/mol. The third-order valence-corrected chi connectivity index (χ3v) is 4.99. The molecule has 1 aliphatic heterocycles. The third kappa shape index (κ3) is 3.65. The van der Waals surface area contributed by atoms with Gasteiger partial charge < -0.3 is 5.32 Å². The summed E-state index contributed by atoms with van der Waals surface area (Å²) in [6.07, 6.45) is 3.80. The molecule has 0 atom stereocenters. The number of benzene rings is 2. The summed E-state index contributed by atoms with van der Waals surface area (Å²) < 4.78 is 0. The van der Waals surface area contributed by atoms with Gasteiger partial charge in [0, 0.05) is 18.3 Å². The van der Waals surface area contributed by atoms with Crippen LogP contribution in [-0.4, -0.2) is 34.2 Å². The van der Waals surface area contributed by atoms with E-state index in [0.29, 0.717) is 29.8 Å². The third-order valence-electron chi connectivity index (χ3n) is 4.99. The summed E-state index contributed by atoms with van der Waals surface area (Å²) in [6.45, 7) is 2.17. The summed E-state index contributed by atoms with van der Waals surface area (Å²) in [5.74, 6) is -1.05. The van der Waals surface area contributed by atoms with E-state index in [1.54, 1.807) is 30.6 Å². The lowest BCUT2D eigenvalue weighted by atomic mass is 10.1. The highest BCUT2D eigenvalue weighted by molar-refractivity contribution is 6.22. The van der Waals surface area contributed by atoms with Gasteiger partial charge in [-0.1, -0.05) is 30.3 Å². The Morgan fingerprint density at radius 1 is 1.00 bits per heavy atom. The monoisotopic (exact) mass is 385 g/mol. The highest BCUT2D eigenvalue weighted by Crippen LogP contribution is 2.25.